The first-order valence-electron chi connectivity index (χ1n) is 18.7. The van der Waals surface area contributed by atoms with Gasteiger partial charge in [-0.3, -0.25) is 14.6 Å². The van der Waals surface area contributed by atoms with Gasteiger partial charge >= 0.3 is 11.9 Å². The van der Waals surface area contributed by atoms with Crippen LogP contribution in [0.5, 0.6) is 5.75 Å². The first-order valence-corrected chi connectivity index (χ1v) is 19.5. The van der Waals surface area contributed by atoms with Crippen molar-refractivity contribution in [2.24, 2.45) is 0 Å². The Morgan fingerprint density at radius 1 is 0.759 bits per heavy atom. The predicted octanol–water partition coefficient (Wildman–Crippen LogP) is 6.73. The van der Waals surface area contributed by atoms with E-state index in [0.717, 1.165) is 38.0 Å². The Morgan fingerprint density at radius 2 is 1.37 bits per heavy atom. The molecule has 3 aromatic rings. The van der Waals surface area contributed by atoms with Gasteiger partial charge in [-0.1, -0.05) is 77.8 Å². The van der Waals surface area contributed by atoms with Crippen molar-refractivity contribution >= 4 is 41.0 Å². The third-order valence-corrected chi connectivity index (χ3v) is 12.4. The van der Waals surface area contributed by atoms with Crippen LogP contribution in [-0.4, -0.2) is 94.2 Å². The maximum atomic E-state index is 14.0. The van der Waals surface area contributed by atoms with E-state index in [1.54, 1.807) is 30.2 Å². The number of aryl methyl sites for hydroxylation is 1. The number of rotatable bonds is 12. The lowest BCUT2D eigenvalue weighted by Gasteiger charge is -2.46. The number of piperidine rings is 1. The summed E-state index contributed by atoms with van der Waals surface area (Å²) in [5, 5.41) is 24.7. The van der Waals surface area contributed by atoms with E-state index in [9.17, 15) is 24.6 Å². The second kappa shape index (κ2) is 16.6. The molecule has 3 unspecified atom stereocenters. The number of hydrogen-bond acceptors (Lipinski definition) is 7. The second-order valence-corrected chi connectivity index (χ2v) is 15.5. The van der Waals surface area contributed by atoms with E-state index in [1.807, 2.05) is 24.3 Å². The average Bonchev–Trinajstić information content (AvgIpc) is 3.38. The molecule has 54 heavy (non-hydrogen) atoms. The number of fused-ring (bicyclic) bond motifs is 2. The van der Waals surface area contributed by atoms with Gasteiger partial charge in [0, 0.05) is 77.9 Å². The van der Waals surface area contributed by atoms with Crippen molar-refractivity contribution in [2.75, 3.05) is 33.3 Å². The summed E-state index contributed by atoms with van der Waals surface area (Å²) in [4.78, 5) is 47.2. The van der Waals surface area contributed by atoms with Crippen LogP contribution in [0.3, 0.4) is 0 Å². The number of dihydropyridines is 1. The van der Waals surface area contributed by atoms with Gasteiger partial charge in [0.2, 0.25) is 5.91 Å². The number of piperazine rings is 1. The molecular weight excluding hydrogens is 727 g/mol. The van der Waals surface area contributed by atoms with Crippen molar-refractivity contribution < 1.29 is 29.3 Å². The van der Waals surface area contributed by atoms with E-state index in [-0.39, 0.29) is 51.2 Å². The van der Waals surface area contributed by atoms with E-state index in [1.165, 1.54) is 18.4 Å². The molecule has 4 aliphatic heterocycles. The number of carbonyl (C=O) groups is 3. The highest BCUT2D eigenvalue weighted by atomic mass is 35.5. The summed E-state index contributed by atoms with van der Waals surface area (Å²) in [7, 11) is 1.57. The minimum absolute atomic E-state index is 0.136. The van der Waals surface area contributed by atoms with Gasteiger partial charge in [-0.05, 0) is 67.9 Å². The van der Waals surface area contributed by atoms with Crippen LogP contribution in [-0.2, 0) is 27.3 Å². The number of carboxylic acids is 2. The molecule has 0 aliphatic carbocycles. The molecule has 12 heteroatoms. The molecule has 284 valence electrons. The van der Waals surface area contributed by atoms with E-state index in [0.29, 0.717) is 49.1 Å². The van der Waals surface area contributed by atoms with Gasteiger partial charge in [0.15, 0.2) is 0 Å². The van der Waals surface area contributed by atoms with Crippen molar-refractivity contribution in [3.05, 3.63) is 122 Å². The number of ether oxygens (including phenoxy) is 1. The molecule has 3 aromatic carbocycles. The molecule has 0 radical (unpaired) electrons. The number of carbonyl (C=O) groups excluding carboxylic acids is 1. The number of nitrogens with one attached hydrogen (secondary N) is 1. The molecule has 2 bridgehead atoms. The summed E-state index contributed by atoms with van der Waals surface area (Å²) in [5.41, 5.74) is 2.38. The summed E-state index contributed by atoms with van der Waals surface area (Å²) in [6.45, 7) is 3.55. The van der Waals surface area contributed by atoms with Crippen molar-refractivity contribution in [3.63, 3.8) is 0 Å². The quantitative estimate of drug-likeness (QED) is 0.184. The first-order chi connectivity index (χ1) is 26.1. The Kier molecular flexibility index (Phi) is 11.6. The third kappa shape index (κ3) is 7.89. The SMILES string of the molecule is COc1ccccc1CCC1=C(C(=O)O)C(c2c(Cl)cccc2Cl)C(C(=O)O)=C(CC(=O)N2CCN(C3CC4CCC(C3)N4Cc3ccccc3)CC2)N1. The molecule has 4 heterocycles. The van der Waals surface area contributed by atoms with Crippen LogP contribution in [0.4, 0.5) is 0 Å². The zero-order valence-corrected chi connectivity index (χ0v) is 31.9. The Hall–Kier alpha value is -4.35. The lowest BCUT2D eigenvalue weighted by Crippen LogP contribution is -2.56. The number of amides is 1. The highest BCUT2D eigenvalue weighted by molar-refractivity contribution is 6.36. The number of methoxy groups -OCH3 is 1. The largest absolute Gasteiger partial charge is 0.496 e. The van der Waals surface area contributed by atoms with Crippen molar-refractivity contribution in [1.29, 1.82) is 0 Å². The lowest BCUT2D eigenvalue weighted by atomic mass is 9.78. The molecule has 0 aromatic heterocycles. The van der Waals surface area contributed by atoms with Crippen LogP contribution in [0, 0.1) is 0 Å². The van der Waals surface area contributed by atoms with Crippen LogP contribution < -0.4 is 10.1 Å². The van der Waals surface area contributed by atoms with Crippen LogP contribution in [0.15, 0.2) is 95.3 Å². The zero-order chi connectivity index (χ0) is 37.9. The van der Waals surface area contributed by atoms with Crippen molar-refractivity contribution in [2.45, 2.75) is 75.5 Å². The molecule has 7 rings (SSSR count). The smallest absolute Gasteiger partial charge is 0.334 e. The molecule has 0 spiro atoms. The summed E-state index contributed by atoms with van der Waals surface area (Å²) < 4.78 is 5.53. The number of allylic oxidation sites excluding steroid dienone is 1. The molecule has 3 atom stereocenters. The van der Waals surface area contributed by atoms with Gasteiger partial charge in [-0.2, -0.15) is 0 Å². The number of hydrogen-bond donors (Lipinski definition) is 3. The maximum absolute atomic E-state index is 14.0. The summed E-state index contributed by atoms with van der Waals surface area (Å²) in [5.74, 6) is -3.55. The molecule has 1 amide bonds. The number of para-hydroxylation sites is 1. The van der Waals surface area contributed by atoms with Gasteiger partial charge in [-0.25, -0.2) is 9.59 Å². The number of nitrogens with zero attached hydrogens (tertiary/aromatic N) is 3. The topological polar surface area (TPSA) is 123 Å². The van der Waals surface area contributed by atoms with Crippen molar-refractivity contribution in [1.82, 2.24) is 20.0 Å². The zero-order valence-electron chi connectivity index (χ0n) is 30.3. The Balaban J connectivity index is 1.09. The lowest BCUT2D eigenvalue weighted by molar-refractivity contribution is -0.133. The van der Waals surface area contributed by atoms with E-state index in [2.05, 4.69) is 45.4 Å². The fourth-order valence-electron chi connectivity index (χ4n) is 9.09. The second-order valence-electron chi connectivity index (χ2n) is 14.7. The van der Waals surface area contributed by atoms with Crippen LogP contribution >= 0.6 is 23.2 Å². The molecule has 3 fully saturated rings. The molecule has 3 N–H and O–H groups in total. The summed E-state index contributed by atoms with van der Waals surface area (Å²) in [6, 6.07) is 24.5. The minimum Gasteiger partial charge on any atom is -0.496 e. The van der Waals surface area contributed by atoms with Gasteiger partial charge < -0.3 is 25.2 Å². The highest BCUT2D eigenvalue weighted by Crippen LogP contribution is 2.46. The fraction of sp³-hybridized carbons (Fsp3) is 0.405. The molecule has 0 saturated carbocycles. The van der Waals surface area contributed by atoms with Gasteiger partial charge in [0.05, 0.1) is 30.6 Å². The van der Waals surface area contributed by atoms with Crippen LogP contribution in [0.1, 0.15) is 61.1 Å². The number of benzene rings is 3. The monoisotopic (exact) mass is 772 g/mol. The third-order valence-electron chi connectivity index (χ3n) is 11.7. The van der Waals surface area contributed by atoms with Crippen molar-refractivity contribution in [3.8, 4) is 5.75 Å². The van der Waals surface area contributed by atoms with E-state index in [4.69, 9.17) is 27.9 Å². The fourth-order valence-corrected chi connectivity index (χ4v) is 9.71. The summed E-state index contributed by atoms with van der Waals surface area (Å²) >= 11 is 13.3. The first kappa shape index (κ1) is 37.9. The highest BCUT2D eigenvalue weighted by Gasteiger charge is 2.44. The molecule has 10 nitrogen and oxygen atoms in total. The average molecular weight is 774 g/mol. The number of aliphatic carboxylic acids is 2. The van der Waals surface area contributed by atoms with Gasteiger partial charge in [0.1, 0.15) is 5.75 Å². The predicted molar refractivity (Wildman–Crippen MR) is 208 cm³/mol. The van der Waals surface area contributed by atoms with Gasteiger partial charge in [0.25, 0.3) is 0 Å². The van der Waals surface area contributed by atoms with Crippen LogP contribution in [0.25, 0.3) is 0 Å². The molecule has 3 saturated heterocycles. The van der Waals surface area contributed by atoms with Gasteiger partial charge in [-0.15, -0.1) is 0 Å². The van der Waals surface area contributed by atoms with E-state index >= 15 is 0 Å². The Labute approximate surface area is 326 Å². The Bertz CT molecular complexity index is 1930. The summed E-state index contributed by atoms with van der Waals surface area (Å²) in [6.07, 6.45) is 5.04. The molecule has 4 aliphatic rings. The standard InChI is InChI=1S/C42H46Cl2N4O6/c1-54-35-13-6-5-10-27(35)14-17-33-38(41(50)51)40(37-31(43)11-7-12-32(37)44)39(42(52)53)34(45-33)24-36(49)47-20-18-46(19-21-47)30-22-28-15-16-29(23-30)48(28)25-26-8-3-2-4-9-26/h2-13,28-30,40,45H,14-25H2,1H3,(H,50,51)(H,52,53). The number of halogens is 2. The van der Waals surface area contributed by atoms with Crippen LogP contribution in [0.2, 0.25) is 10.0 Å². The van der Waals surface area contributed by atoms with E-state index < -0.39 is 17.9 Å². The number of carboxylic acid groups (broad SMARTS) is 2. The maximum Gasteiger partial charge on any atom is 0.334 e. The Morgan fingerprint density at radius 3 is 2.00 bits per heavy atom. The molecular formula is C42H46Cl2N4O6. The minimum atomic E-state index is -1.35. The normalized spacial score (nSPS) is 23.4.